The predicted octanol–water partition coefficient (Wildman–Crippen LogP) is 5.15. The monoisotopic (exact) mass is 349 g/mol. The third-order valence-electron chi connectivity index (χ3n) is 4.60. The van der Waals surface area contributed by atoms with Crippen LogP contribution in [0.5, 0.6) is 0 Å². The number of nitrogens with one attached hydrogen (secondary N) is 1. The van der Waals surface area contributed by atoms with Gasteiger partial charge in [-0.3, -0.25) is 0 Å². The first kappa shape index (κ1) is 12.4. The molecule has 0 amide bonds. The van der Waals surface area contributed by atoms with E-state index in [1.165, 1.54) is 5.39 Å². The van der Waals surface area contributed by atoms with E-state index in [0.29, 0.717) is 0 Å². The van der Waals surface area contributed by atoms with Crippen molar-refractivity contribution in [2.24, 2.45) is 0 Å². The lowest BCUT2D eigenvalue weighted by Crippen LogP contribution is -1.94. The number of hydrogen-bond acceptors (Lipinski definition) is 1. The van der Waals surface area contributed by atoms with Crippen LogP contribution in [0.1, 0.15) is 17.2 Å². The Kier molecular flexibility index (Phi) is 2.38. The van der Waals surface area contributed by atoms with Gasteiger partial charge in [0.05, 0.1) is 5.52 Å². The van der Waals surface area contributed by atoms with E-state index in [0.717, 1.165) is 43.1 Å². The lowest BCUT2D eigenvalue weighted by atomic mass is 10.0. The molecule has 3 heteroatoms. The molecule has 1 unspecified atom stereocenters. The molecule has 0 saturated heterocycles. The second kappa shape index (κ2) is 4.22. The Morgan fingerprint density at radius 1 is 0.909 bits per heavy atom. The molecule has 2 N–H and O–H groups in total. The summed E-state index contributed by atoms with van der Waals surface area (Å²) in [6.07, 6.45) is -0.564. The minimum Gasteiger partial charge on any atom is -0.384 e. The van der Waals surface area contributed by atoms with Gasteiger partial charge >= 0.3 is 0 Å². The Balaban J connectivity index is 1.93. The highest BCUT2D eigenvalue weighted by Crippen LogP contribution is 2.47. The first-order valence-electron chi connectivity index (χ1n) is 7.25. The van der Waals surface area contributed by atoms with Crippen molar-refractivity contribution in [3.05, 3.63) is 70.2 Å². The van der Waals surface area contributed by atoms with E-state index in [1.54, 1.807) is 0 Å². The van der Waals surface area contributed by atoms with Crippen molar-refractivity contribution in [1.82, 2.24) is 4.98 Å². The number of aromatic amines is 1. The van der Waals surface area contributed by atoms with Crippen molar-refractivity contribution in [2.45, 2.75) is 6.10 Å². The number of fused-ring (bicyclic) bond motifs is 7. The number of aliphatic hydroxyl groups is 1. The van der Waals surface area contributed by atoms with Crippen LogP contribution >= 0.6 is 15.9 Å². The van der Waals surface area contributed by atoms with E-state index in [-0.39, 0.29) is 0 Å². The quantitative estimate of drug-likeness (QED) is 0.452. The van der Waals surface area contributed by atoms with Crippen molar-refractivity contribution < 1.29 is 5.11 Å². The molecule has 4 aromatic rings. The van der Waals surface area contributed by atoms with Crippen LogP contribution in [0.25, 0.3) is 32.9 Å². The van der Waals surface area contributed by atoms with Crippen molar-refractivity contribution in [1.29, 1.82) is 0 Å². The van der Waals surface area contributed by atoms with E-state index in [1.807, 2.05) is 24.3 Å². The Morgan fingerprint density at radius 3 is 2.68 bits per heavy atom. The molecular formula is C19H12BrNO. The molecule has 1 aliphatic rings. The largest absolute Gasteiger partial charge is 0.384 e. The van der Waals surface area contributed by atoms with Crippen LogP contribution in [-0.4, -0.2) is 10.1 Å². The van der Waals surface area contributed by atoms with Crippen LogP contribution in [0, 0.1) is 0 Å². The van der Waals surface area contributed by atoms with Gasteiger partial charge in [0.2, 0.25) is 0 Å². The average Bonchev–Trinajstić information content (AvgIpc) is 3.04. The van der Waals surface area contributed by atoms with Crippen molar-refractivity contribution in [3.63, 3.8) is 0 Å². The Labute approximate surface area is 135 Å². The van der Waals surface area contributed by atoms with Crippen LogP contribution in [0.15, 0.2) is 59.1 Å². The lowest BCUT2D eigenvalue weighted by Gasteiger charge is -2.06. The van der Waals surface area contributed by atoms with Crippen LogP contribution in [0.2, 0.25) is 0 Å². The summed E-state index contributed by atoms with van der Waals surface area (Å²) in [6.45, 7) is 0. The van der Waals surface area contributed by atoms with E-state index >= 15 is 0 Å². The normalized spacial score (nSPS) is 16.2. The van der Waals surface area contributed by atoms with E-state index in [4.69, 9.17) is 0 Å². The van der Waals surface area contributed by atoms with Gasteiger partial charge in [-0.2, -0.15) is 0 Å². The summed E-state index contributed by atoms with van der Waals surface area (Å²) in [4.78, 5) is 3.49. The van der Waals surface area contributed by atoms with Crippen molar-refractivity contribution in [3.8, 4) is 11.1 Å². The highest BCUT2D eigenvalue weighted by atomic mass is 79.9. The summed E-state index contributed by atoms with van der Waals surface area (Å²) in [5, 5.41) is 13.1. The molecule has 3 aromatic carbocycles. The molecule has 0 spiro atoms. The number of rotatable bonds is 0. The summed E-state index contributed by atoms with van der Waals surface area (Å²) in [5.41, 5.74) is 6.37. The van der Waals surface area contributed by atoms with Gasteiger partial charge in [-0.15, -0.1) is 0 Å². The van der Waals surface area contributed by atoms with Crippen LogP contribution < -0.4 is 0 Å². The maximum absolute atomic E-state index is 10.8. The molecule has 1 aliphatic carbocycles. The Bertz CT molecular complexity index is 1060. The van der Waals surface area contributed by atoms with Gasteiger partial charge in [0.15, 0.2) is 0 Å². The number of halogens is 1. The second-order valence-corrected chi connectivity index (χ2v) is 6.67. The number of benzene rings is 3. The average molecular weight is 350 g/mol. The van der Waals surface area contributed by atoms with E-state index in [2.05, 4.69) is 51.2 Å². The number of H-pyrrole nitrogens is 1. The molecule has 106 valence electrons. The van der Waals surface area contributed by atoms with Crippen LogP contribution in [-0.2, 0) is 0 Å². The summed E-state index contributed by atoms with van der Waals surface area (Å²) in [6, 6.07) is 18.6. The SMILES string of the molecule is OC1c2ccccc2-c2ccc3c([nH]c4ccc(Br)cc43)c21. The fourth-order valence-electron chi connectivity index (χ4n) is 3.62. The van der Waals surface area contributed by atoms with Gasteiger partial charge in [0, 0.05) is 26.3 Å². The minimum atomic E-state index is -0.564. The smallest absolute Gasteiger partial charge is 0.107 e. The number of aromatic nitrogens is 1. The molecule has 1 atom stereocenters. The summed E-state index contributed by atoms with van der Waals surface area (Å²) < 4.78 is 1.06. The zero-order valence-electron chi connectivity index (χ0n) is 11.6. The molecule has 1 aromatic heterocycles. The lowest BCUT2D eigenvalue weighted by molar-refractivity contribution is 0.226. The molecule has 0 radical (unpaired) electrons. The van der Waals surface area contributed by atoms with Crippen molar-refractivity contribution >= 4 is 37.7 Å². The maximum Gasteiger partial charge on any atom is 0.107 e. The maximum atomic E-state index is 10.8. The first-order valence-corrected chi connectivity index (χ1v) is 8.04. The summed E-state index contributed by atoms with van der Waals surface area (Å²) in [7, 11) is 0. The molecule has 1 heterocycles. The molecule has 22 heavy (non-hydrogen) atoms. The highest BCUT2D eigenvalue weighted by molar-refractivity contribution is 9.10. The van der Waals surface area contributed by atoms with E-state index in [9.17, 15) is 5.11 Å². The number of hydrogen-bond donors (Lipinski definition) is 2. The third-order valence-corrected chi connectivity index (χ3v) is 5.09. The zero-order valence-corrected chi connectivity index (χ0v) is 13.2. The van der Waals surface area contributed by atoms with Gasteiger partial charge < -0.3 is 10.1 Å². The van der Waals surface area contributed by atoms with Gasteiger partial charge in [-0.1, -0.05) is 52.3 Å². The van der Waals surface area contributed by atoms with Crippen molar-refractivity contribution in [2.75, 3.05) is 0 Å². The number of aliphatic hydroxyl groups excluding tert-OH is 1. The zero-order chi connectivity index (χ0) is 14.8. The molecular weight excluding hydrogens is 338 g/mol. The predicted molar refractivity (Wildman–Crippen MR) is 93.0 cm³/mol. The molecule has 0 saturated carbocycles. The molecule has 0 aliphatic heterocycles. The topological polar surface area (TPSA) is 36.0 Å². The fourth-order valence-corrected chi connectivity index (χ4v) is 3.98. The molecule has 0 bridgehead atoms. The fraction of sp³-hybridized carbons (Fsp3) is 0.0526. The highest BCUT2D eigenvalue weighted by Gasteiger charge is 2.29. The summed E-state index contributed by atoms with van der Waals surface area (Å²) in [5.74, 6) is 0. The van der Waals surface area contributed by atoms with Gasteiger partial charge in [0.25, 0.3) is 0 Å². The van der Waals surface area contributed by atoms with Crippen LogP contribution in [0.4, 0.5) is 0 Å². The molecule has 2 nitrogen and oxygen atoms in total. The van der Waals surface area contributed by atoms with Gasteiger partial charge in [-0.25, -0.2) is 0 Å². The van der Waals surface area contributed by atoms with E-state index < -0.39 is 6.10 Å². The molecule has 5 rings (SSSR count). The molecule has 0 fully saturated rings. The third kappa shape index (κ3) is 1.47. The van der Waals surface area contributed by atoms with Gasteiger partial charge in [0.1, 0.15) is 6.10 Å². The Morgan fingerprint density at radius 2 is 1.77 bits per heavy atom. The summed E-state index contributed by atoms with van der Waals surface area (Å²) >= 11 is 3.54. The standard InChI is InChI=1S/C19H12BrNO/c20-10-5-8-16-15(9-10)13-7-6-12-11-3-1-2-4-14(11)19(22)17(12)18(13)21-16/h1-9,19,21-22H. The second-order valence-electron chi connectivity index (χ2n) is 5.75. The van der Waals surface area contributed by atoms with Crippen LogP contribution in [0.3, 0.4) is 0 Å². The first-order chi connectivity index (χ1) is 10.7. The minimum absolute atomic E-state index is 0.564. The Hall–Kier alpha value is -2.10. The van der Waals surface area contributed by atoms with Gasteiger partial charge in [-0.05, 0) is 34.9 Å².